The van der Waals surface area contributed by atoms with E-state index in [4.69, 9.17) is 14.6 Å². The van der Waals surface area contributed by atoms with Crippen molar-refractivity contribution in [3.8, 4) is 0 Å². The molecule has 0 saturated heterocycles. The van der Waals surface area contributed by atoms with Crippen LogP contribution in [0.4, 0.5) is 0 Å². The molecule has 1 unspecified atom stereocenters. The smallest absolute Gasteiger partial charge is 0.151 e. The molecule has 0 amide bonds. The minimum absolute atomic E-state index is 0.449. The second-order valence-corrected chi connectivity index (χ2v) is 2.56. The van der Waals surface area contributed by atoms with Gasteiger partial charge in [0.1, 0.15) is 0 Å². The standard InChI is InChI=1S/C6H13BrO3/c1-6(8)10-5-4-9-3-2-7/h6,8H,2-5H2,1H3. The van der Waals surface area contributed by atoms with Gasteiger partial charge in [-0.05, 0) is 6.92 Å². The van der Waals surface area contributed by atoms with Crippen LogP contribution in [0.5, 0.6) is 0 Å². The van der Waals surface area contributed by atoms with Gasteiger partial charge in [0, 0.05) is 5.33 Å². The van der Waals surface area contributed by atoms with E-state index >= 15 is 0 Å². The van der Waals surface area contributed by atoms with Gasteiger partial charge in [-0.3, -0.25) is 0 Å². The van der Waals surface area contributed by atoms with Crippen LogP contribution < -0.4 is 0 Å². The summed E-state index contributed by atoms with van der Waals surface area (Å²) in [6.45, 7) is 3.24. The number of halogens is 1. The largest absolute Gasteiger partial charge is 0.378 e. The van der Waals surface area contributed by atoms with E-state index in [0.717, 1.165) is 5.33 Å². The summed E-state index contributed by atoms with van der Waals surface area (Å²) >= 11 is 3.22. The lowest BCUT2D eigenvalue weighted by Crippen LogP contribution is -2.12. The molecular weight excluding hydrogens is 200 g/mol. The van der Waals surface area contributed by atoms with Crippen LogP contribution in [0.25, 0.3) is 0 Å². The zero-order chi connectivity index (χ0) is 7.82. The van der Waals surface area contributed by atoms with Crippen molar-refractivity contribution in [1.29, 1.82) is 0 Å². The highest BCUT2D eigenvalue weighted by molar-refractivity contribution is 9.09. The van der Waals surface area contributed by atoms with Gasteiger partial charge >= 0.3 is 0 Å². The third-order valence-electron chi connectivity index (χ3n) is 0.808. The molecule has 0 aliphatic carbocycles. The number of aliphatic hydroxyl groups excluding tert-OH is 1. The van der Waals surface area contributed by atoms with E-state index < -0.39 is 6.29 Å². The summed E-state index contributed by atoms with van der Waals surface area (Å²) in [5, 5.41) is 9.46. The van der Waals surface area contributed by atoms with Gasteiger partial charge in [0.2, 0.25) is 0 Å². The SMILES string of the molecule is CC(O)OCCOCCBr. The Hall–Kier alpha value is 0.360. The van der Waals surface area contributed by atoms with Crippen LogP contribution in [0.3, 0.4) is 0 Å². The molecule has 1 N–H and O–H groups in total. The zero-order valence-corrected chi connectivity index (χ0v) is 7.63. The van der Waals surface area contributed by atoms with Crippen molar-refractivity contribution < 1.29 is 14.6 Å². The molecule has 62 valence electrons. The summed E-state index contributed by atoms with van der Waals surface area (Å²) < 4.78 is 9.85. The van der Waals surface area contributed by atoms with Crippen LogP contribution in [0.15, 0.2) is 0 Å². The van der Waals surface area contributed by atoms with Crippen LogP contribution in [0.2, 0.25) is 0 Å². The van der Waals surface area contributed by atoms with E-state index in [1.54, 1.807) is 6.92 Å². The Labute approximate surface area is 69.5 Å². The quantitative estimate of drug-likeness (QED) is 0.402. The van der Waals surface area contributed by atoms with Crippen LogP contribution in [0.1, 0.15) is 6.92 Å². The van der Waals surface area contributed by atoms with E-state index in [1.807, 2.05) is 0 Å². The summed E-state index contributed by atoms with van der Waals surface area (Å²) in [5.74, 6) is 0. The number of aliphatic hydroxyl groups is 1. The Bertz CT molecular complexity index is 68.0. The third-order valence-corrected chi connectivity index (χ3v) is 1.13. The first-order valence-corrected chi connectivity index (χ1v) is 4.33. The van der Waals surface area contributed by atoms with Gasteiger partial charge in [0.05, 0.1) is 19.8 Å². The highest BCUT2D eigenvalue weighted by Gasteiger charge is 1.92. The third kappa shape index (κ3) is 8.36. The molecule has 3 nitrogen and oxygen atoms in total. The number of rotatable bonds is 6. The van der Waals surface area contributed by atoms with E-state index in [2.05, 4.69) is 15.9 Å². The van der Waals surface area contributed by atoms with E-state index in [0.29, 0.717) is 19.8 Å². The summed E-state index contributed by atoms with van der Waals surface area (Å²) in [4.78, 5) is 0. The average Bonchev–Trinajstić information content (AvgIpc) is 1.87. The molecule has 0 saturated carbocycles. The molecule has 0 aromatic carbocycles. The topological polar surface area (TPSA) is 38.7 Å². The van der Waals surface area contributed by atoms with Crippen molar-refractivity contribution in [2.75, 3.05) is 25.2 Å². The lowest BCUT2D eigenvalue weighted by atomic mass is 10.7. The predicted molar refractivity (Wildman–Crippen MR) is 42.2 cm³/mol. The zero-order valence-electron chi connectivity index (χ0n) is 6.05. The van der Waals surface area contributed by atoms with Crippen molar-refractivity contribution in [2.24, 2.45) is 0 Å². The Morgan fingerprint density at radius 1 is 1.40 bits per heavy atom. The maximum Gasteiger partial charge on any atom is 0.151 e. The molecule has 1 atom stereocenters. The molecule has 0 aliphatic rings. The Morgan fingerprint density at radius 3 is 2.60 bits per heavy atom. The van der Waals surface area contributed by atoms with Crippen molar-refractivity contribution in [2.45, 2.75) is 13.2 Å². The fourth-order valence-corrected chi connectivity index (χ4v) is 0.663. The summed E-state index contributed by atoms with van der Waals surface area (Å²) in [6, 6.07) is 0. The molecule has 4 heteroatoms. The van der Waals surface area contributed by atoms with Crippen LogP contribution in [-0.4, -0.2) is 36.5 Å². The Balaban J connectivity index is 2.77. The van der Waals surface area contributed by atoms with Gasteiger partial charge in [-0.25, -0.2) is 0 Å². The molecule has 0 radical (unpaired) electrons. The van der Waals surface area contributed by atoms with E-state index in [9.17, 15) is 0 Å². The van der Waals surface area contributed by atoms with Gasteiger partial charge in [-0.1, -0.05) is 15.9 Å². The first kappa shape index (κ1) is 10.4. The number of alkyl halides is 1. The maximum atomic E-state index is 8.62. The molecule has 0 heterocycles. The second-order valence-electron chi connectivity index (χ2n) is 1.77. The summed E-state index contributed by atoms with van der Waals surface area (Å²) in [6.07, 6.45) is -0.687. The fourth-order valence-electron chi connectivity index (χ4n) is 0.434. The minimum atomic E-state index is -0.687. The molecule has 0 fully saturated rings. The van der Waals surface area contributed by atoms with Gasteiger partial charge in [0.25, 0.3) is 0 Å². The van der Waals surface area contributed by atoms with Crippen LogP contribution in [-0.2, 0) is 9.47 Å². The number of ether oxygens (including phenoxy) is 2. The maximum absolute atomic E-state index is 8.62. The van der Waals surface area contributed by atoms with Crippen molar-refractivity contribution in [1.82, 2.24) is 0 Å². The van der Waals surface area contributed by atoms with Crippen molar-refractivity contribution in [3.63, 3.8) is 0 Å². The van der Waals surface area contributed by atoms with Crippen molar-refractivity contribution in [3.05, 3.63) is 0 Å². The molecule has 0 rings (SSSR count). The number of hydrogen-bond acceptors (Lipinski definition) is 3. The minimum Gasteiger partial charge on any atom is -0.378 e. The number of hydrogen-bond donors (Lipinski definition) is 1. The normalized spacial score (nSPS) is 13.5. The lowest BCUT2D eigenvalue weighted by molar-refractivity contribution is -0.0985. The molecule has 0 aromatic heterocycles. The Kier molecular flexibility index (Phi) is 7.74. The van der Waals surface area contributed by atoms with E-state index in [-0.39, 0.29) is 0 Å². The van der Waals surface area contributed by atoms with Crippen molar-refractivity contribution >= 4 is 15.9 Å². The first-order chi connectivity index (χ1) is 4.77. The second kappa shape index (κ2) is 7.47. The first-order valence-electron chi connectivity index (χ1n) is 3.20. The summed E-state index contributed by atoms with van der Waals surface area (Å²) in [7, 11) is 0. The monoisotopic (exact) mass is 212 g/mol. The molecule has 0 aliphatic heterocycles. The highest BCUT2D eigenvalue weighted by Crippen LogP contribution is 1.85. The molecule has 0 bridgehead atoms. The van der Waals surface area contributed by atoms with Gasteiger partial charge in [-0.15, -0.1) is 0 Å². The molecular formula is C6H13BrO3. The Morgan fingerprint density at radius 2 is 2.10 bits per heavy atom. The van der Waals surface area contributed by atoms with Gasteiger partial charge in [-0.2, -0.15) is 0 Å². The fraction of sp³-hybridized carbons (Fsp3) is 1.00. The molecule has 10 heavy (non-hydrogen) atoms. The van der Waals surface area contributed by atoms with Crippen LogP contribution >= 0.6 is 15.9 Å². The predicted octanol–water partition coefficient (Wildman–Crippen LogP) is 0.753. The average molecular weight is 213 g/mol. The van der Waals surface area contributed by atoms with Gasteiger partial charge < -0.3 is 14.6 Å². The molecule has 0 aromatic rings. The van der Waals surface area contributed by atoms with E-state index in [1.165, 1.54) is 0 Å². The van der Waals surface area contributed by atoms with Gasteiger partial charge in [0.15, 0.2) is 6.29 Å². The summed E-state index contributed by atoms with van der Waals surface area (Å²) in [5.41, 5.74) is 0. The lowest BCUT2D eigenvalue weighted by Gasteiger charge is -2.05. The molecule has 0 spiro atoms. The highest BCUT2D eigenvalue weighted by atomic mass is 79.9. The van der Waals surface area contributed by atoms with Crippen LogP contribution in [0, 0.1) is 0 Å².